The van der Waals surface area contributed by atoms with E-state index >= 15 is 0 Å². The lowest BCUT2D eigenvalue weighted by Crippen LogP contribution is -1.99. The minimum atomic E-state index is -0.735. The van der Waals surface area contributed by atoms with E-state index in [-0.39, 0.29) is 6.47 Å². The molecule has 6 nitrogen and oxygen atoms in total. The molecule has 0 heterocycles. The molecule has 0 aromatic heterocycles. The molecule has 0 atom stereocenters. The fourth-order valence-electron chi connectivity index (χ4n) is 1.38. The van der Waals surface area contributed by atoms with E-state index in [0.29, 0.717) is 11.4 Å². The third kappa shape index (κ3) is 7.34. The van der Waals surface area contributed by atoms with Gasteiger partial charge < -0.3 is 11.5 Å². The molecule has 0 aliphatic heterocycles. The van der Waals surface area contributed by atoms with E-state index in [1.807, 2.05) is 36.4 Å². The molecule has 0 aliphatic carbocycles. The molecule has 0 spiro atoms. The summed E-state index contributed by atoms with van der Waals surface area (Å²) in [5.74, 6) is -0.735. The number of carbonyl (C=O) groups is 2. The highest BCUT2D eigenvalue weighted by Gasteiger charge is 1.96. The lowest BCUT2D eigenvalue weighted by molar-refractivity contribution is -0.243. The minimum Gasteiger partial charge on any atom is -0.399 e. The van der Waals surface area contributed by atoms with Crippen molar-refractivity contribution in [1.29, 1.82) is 0 Å². The fourth-order valence-corrected chi connectivity index (χ4v) is 1.38. The van der Waals surface area contributed by atoms with Crippen molar-refractivity contribution >= 4 is 29.9 Å². The summed E-state index contributed by atoms with van der Waals surface area (Å²) in [6.07, 6.45) is 2.72. The van der Waals surface area contributed by atoms with Crippen molar-refractivity contribution in [2.45, 2.75) is 0 Å². The summed E-state index contributed by atoms with van der Waals surface area (Å²) >= 11 is 0. The van der Waals surface area contributed by atoms with Gasteiger partial charge in [-0.15, -0.1) is 0 Å². The number of nitrogen functional groups attached to an aromatic ring is 2. The van der Waals surface area contributed by atoms with Gasteiger partial charge in [0.25, 0.3) is 0 Å². The van der Waals surface area contributed by atoms with Gasteiger partial charge in [-0.05, 0) is 29.8 Å². The van der Waals surface area contributed by atoms with Crippen molar-refractivity contribution < 1.29 is 19.4 Å². The minimum absolute atomic E-state index is 0.0360. The van der Waals surface area contributed by atoms with Gasteiger partial charge in [0.2, 0.25) is 0 Å². The van der Waals surface area contributed by atoms with E-state index < -0.39 is 5.97 Å². The van der Waals surface area contributed by atoms with Gasteiger partial charge in [0.05, 0.1) is 0 Å². The summed E-state index contributed by atoms with van der Waals surface area (Å²) in [5, 5.41) is 0. The molecule has 0 saturated heterocycles. The van der Waals surface area contributed by atoms with Crippen LogP contribution in [0.3, 0.4) is 0 Å². The number of rotatable bonds is 4. The first-order chi connectivity index (χ1) is 10.6. The maximum Gasteiger partial charge on any atom is 0.379 e. The van der Waals surface area contributed by atoms with Gasteiger partial charge in [0.15, 0.2) is 0 Å². The summed E-state index contributed by atoms with van der Waals surface area (Å²) in [6.45, 7) is 0.0360. The van der Waals surface area contributed by atoms with Gasteiger partial charge in [-0.2, -0.15) is 0 Å². The fraction of sp³-hybridized carbons (Fsp3) is 0. The molecule has 114 valence electrons. The Labute approximate surface area is 127 Å². The Morgan fingerprint density at radius 3 is 2.09 bits per heavy atom. The molecule has 6 heteroatoms. The summed E-state index contributed by atoms with van der Waals surface area (Å²) in [5.41, 5.74) is 13.0. The summed E-state index contributed by atoms with van der Waals surface area (Å²) in [6, 6.07) is 16.3. The molecule has 0 aliphatic rings. The molecule has 2 rings (SSSR count). The van der Waals surface area contributed by atoms with Gasteiger partial charge in [0, 0.05) is 17.5 Å². The predicted molar refractivity (Wildman–Crippen MR) is 84.0 cm³/mol. The normalized spacial score (nSPS) is 9.45. The van der Waals surface area contributed by atoms with Crippen molar-refractivity contribution in [3.63, 3.8) is 0 Å². The number of carbonyl (C=O) groups excluding carboxylic acids is 2. The van der Waals surface area contributed by atoms with E-state index in [4.69, 9.17) is 11.5 Å². The van der Waals surface area contributed by atoms with E-state index in [2.05, 4.69) is 9.78 Å². The lowest BCUT2D eigenvalue weighted by Gasteiger charge is -1.92. The summed E-state index contributed by atoms with van der Waals surface area (Å²) in [4.78, 5) is 28.3. The van der Waals surface area contributed by atoms with Crippen molar-refractivity contribution in [2.24, 2.45) is 0 Å². The largest absolute Gasteiger partial charge is 0.399 e. The average Bonchev–Trinajstić information content (AvgIpc) is 2.52. The van der Waals surface area contributed by atoms with E-state index in [1.165, 1.54) is 6.08 Å². The molecule has 0 unspecified atom stereocenters. The Hall–Kier alpha value is -3.28. The molecule has 0 radical (unpaired) electrons. The summed E-state index contributed by atoms with van der Waals surface area (Å²) in [7, 11) is 0. The monoisotopic (exact) mass is 300 g/mol. The average molecular weight is 300 g/mol. The smallest absolute Gasteiger partial charge is 0.379 e. The number of benzene rings is 2. The zero-order valence-corrected chi connectivity index (χ0v) is 11.7. The second-order valence-corrected chi connectivity index (χ2v) is 4.01. The van der Waals surface area contributed by atoms with Crippen LogP contribution in [0.4, 0.5) is 11.4 Å². The first-order valence-electron chi connectivity index (χ1n) is 6.27. The molecular weight excluding hydrogens is 284 g/mol. The first kappa shape index (κ1) is 16.8. The number of hydrogen-bond donors (Lipinski definition) is 2. The number of anilines is 2. The van der Waals surface area contributed by atoms with Crippen molar-refractivity contribution in [1.82, 2.24) is 0 Å². The molecule has 0 amide bonds. The van der Waals surface area contributed by atoms with Gasteiger partial charge in [-0.25, -0.2) is 9.68 Å². The van der Waals surface area contributed by atoms with Crippen LogP contribution in [-0.4, -0.2) is 12.4 Å². The maximum atomic E-state index is 10.8. The Morgan fingerprint density at radius 1 is 0.955 bits per heavy atom. The van der Waals surface area contributed by atoms with Crippen LogP contribution in [0.5, 0.6) is 0 Å². The molecule has 0 saturated carbocycles. The molecule has 0 fully saturated rings. The van der Waals surface area contributed by atoms with Crippen LogP contribution in [0.2, 0.25) is 0 Å². The van der Waals surface area contributed by atoms with Crippen LogP contribution in [0, 0.1) is 0 Å². The Bertz CT molecular complexity index is 610. The molecule has 0 bridgehead atoms. The van der Waals surface area contributed by atoms with Gasteiger partial charge in [-0.1, -0.05) is 36.4 Å². The van der Waals surface area contributed by atoms with Crippen LogP contribution in [0.15, 0.2) is 60.7 Å². The molecule has 22 heavy (non-hydrogen) atoms. The Kier molecular flexibility index (Phi) is 7.32. The van der Waals surface area contributed by atoms with Crippen LogP contribution < -0.4 is 11.5 Å². The molecular formula is C16H16N2O4. The van der Waals surface area contributed by atoms with Crippen LogP contribution >= 0.6 is 0 Å². The van der Waals surface area contributed by atoms with Crippen LogP contribution in [0.1, 0.15) is 5.56 Å². The standard InChI is InChI=1S/C10H8O4.C6H8N2/c11-8-13-14-10(12)7-6-9-4-2-1-3-5-9;7-5-2-1-3-6(8)4-5/h1-8H;1-4H,7-8H2. The zero-order valence-electron chi connectivity index (χ0n) is 11.7. The second-order valence-electron chi connectivity index (χ2n) is 4.01. The molecule has 2 aromatic carbocycles. The second kappa shape index (κ2) is 9.60. The lowest BCUT2D eigenvalue weighted by atomic mass is 10.2. The quantitative estimate of drug-likeness (QED) is 0.295. The predicted octanol–water partition coefficient (Wildman–Crippen LogP) is 2.18. The zero-order chi connectivity index (χ0) is 16.2. The molecule has 4 N–H and O–H groups in total. The van der Waals surface area contributed by atoms with Crippen molar-refractivity contribution in [3.05, 3.63) is 66.2 Å². The van der Waals surface area contributed by atoms with Crippen molar-refractivity contribution in [3.8, 4) is 0 Å². The third-order valence-electron chi connectivity index (χ3n) is 2.29. The van der Waals surface area contributed by atoms with Gasteiger partial charge >= 0.3 is 12.4 Å². The number of hydrogen-bond acceptors (Lipinski definition) is 6. The summed E-state index contributed by atoms with van der Waals surface area (Å²) < 4.78 is 0. The van der Waals surface area contributed by atoms with E-state index in [0.717, 1.165) is 5.56 Å². The van der Waals surface area contributed by atoms with Crippen LogP contribution in [-0.2, 0) is 19.4 Å². The van der Waals surface area contributed by atoms with Gasteiger partial charge in [-0.3, -0.25) is 9.68 Å². The Balaban J connectivity index is 0.000000255. The third-order valence-corrected chi connectivity index (χ3v) is 2.29. The highest BCUT2D eigenvalue weighted by Crippen LogP contribution is 2.06. The van der Waals surface area contributed by atoms with E-state index in [1.54, 1.807) is 24.3 Å². The Morgan fingerprint density at radius 2 is 1.59 bits per heavy atom. The number of nitrogens with two attached hydrogens (primary N) is 2. The SMILES string of the molecule is Nc1cccc(N)c1.O=COOC(=O)C=Cc1ccccc1. The van der Waals surface area contributed by atoms with E-state index in [9.17, 15) is 9.59 Å². The molecule has 2 aromatic rings. The highest BCUT2D eigenvalue weighted by atomic mass is 17.2. The maximum absolute atomic E-state index is 10.8. The van der Waals surface area contributed by atoms with Gasteiger partial charge in [0.1, 0.15) is 0 Å². The topological polar surface area (TPSA) is 105 Å². The van der Waals surface area contributed by atoms with Crippen LogP contribution in [0.25, 0.3) is 6.08 Å². The first-order valence-corrected chi connectivity index (χ1v) is 6.27. The van der Waals surface area contributed by atoms with Crippen molar-refractivity contribution in [2.75, 3.05) is 11.5 Å². The highest BCUT2D eigenvalue weighted by molar-refractivity contribution is 5.86.